The van der Waals surface area contributed by atoms with Gasteiger partial charge in [0.25, 0.3) is 0 Å². The number of aryl methyl sites for hydroxylation is 1. The quantitative estimate of drug-likeness (QED) is 0.348. The van der Waals surface area contributed by atoms with Crippen molar-refractivity contribution in [3.63, 3.8) is 0 Å². The van der Waals surface area contributed by atoms with Gasteiger partial charge in [-0.15, -0.1) is 0 Å². The molecule has 0 heterocycles. The summed E-state index contributed by atoms with van der Waals surface area (Å²) in [7, 11) is 0. The van der Waals surface area contributed by atoms with Gasteiger partial charge in [-0.05, 0) is 54.8 Å². The van der Waals surface area contributed by atoms with Crippen LogP contribution < -0.4 is 20.7 Å². The summed E-state index contributed by atoms with van der Waals surface area (Å²) in [5.74, 6) is 0.416. The second kappa shape index (κ2) is 12.3. The fourth-order valence-corrected chi connectivity index (χ4v) is 3.15. The molecular weight excluding hydrogens is 414 g/mol. The second-order valence-electron chi connectivity index (χ2n) is 8.06. The summed E-state index contributed by atoms with van der Waals surface area (Å²) >= 11 is 0. The van der Waals surface area contributed by atoms with Gasteiger partial charge in [0.2, 0.25) is 11.8 Å². The largest absolute Gasteiger partial charge is 0.491 e. The van der Waals surface area contributed by atoms with E-state index < -0.39 is 0 Å². The molecule has 0 unspecified atom stereocenters. The Bertz CT molecular complexity index is 1030. The molecule has 0 aliphatic heterocycles. The third kappa shape index (κ3) is 8.00. The molecule has 3 N–H and O–H groups in total. The first-order valence-corrected chi connectivity index (χ1v) is 11.2. The first-order chi connectivity index (χ1) is 16.0. The van der Waals surface area contributed by atoms with Gasteiger partial charge in [0.15, 0.2) is 0 Å². The zero-order chi connectivity index (χ0) is 23.5. The van der Waals surface area contributed by atoms with Crippen LogP contribution in [0.15, 0.2) is 78.9 Å². The average Bonchev–Trinajstić information content (AvgIpc) is 2.83. The highest BCUT2D eigenvalue weighted by atomic mass is 16.5. The number of benzene rings is 3. The molecular formula is C27H31N3O3. The number of carbonyl (C=O) groups excluding carboxylic acids is 2. The van der Waals surface area contributed by atoms with Gasteiger partial charge < -0.3 is 20.7 Å². The van der Waals surface area contributed by atoms with Crippen LogP contribution in [0.4, 0.5) is 17.1 Å². The molecule has 0 saturated carbocycles. The van der Waals surface area contributed by atoms with Gasteiger partial charge in [-0.2, -0.15) is 0 Å². The van der Waals surface area contributed by atoms with Gasteiger partial charge in [0, 0.05) is 17.3 Å². The Morgan fingerprint density at radius 2 is 1.45 bits per heavy atom. The molecule has 0 saturated heterocycles. The Balaban J connectivity index is 1.44. The molecule has 6 nitrogen and oxygen atoms in total. The number of hydrogen-bond donors (Lipinski definition) is 3. The minimum Gasteiger partial charge on any atom is -0.491 e. The molecule has 0 aliphatic rings. The molecule has 0 aliphatic carbocycles. The smallest absolute Gasteiger partial charge is 0.243 e. The van der Waals surface area contributed by atoms with E-state index in [4.69, 9.17) is 4.74 Å². The van der Waals surface area contributed by atoms with E-state index in [1.165, 1.54) is 5.56 Å². The highest BCUT2D eigenvalue weighted by Gasteiger charge is 2.09. The van der Waals surface area contributed by atoms with E-state index in [9.17, 15) is 9.59 Å². The molecule has 0 spiro atoms. The van der Waals surface area contributed by atoms with E-state index in [1.807, 2.05) is 56.3 Å². The van der Waals surface area contributed by atoms with Gasteiger partial charge in [0.1, 0.15) is 5.75 Å². The molecule has 33 heavy (non-hydrogen) atoms. The van der Waals surface area contributed by atoms with E-state index in [-0.39, 0.29) is 24.3 Å². The fraction of sp³-hybridized carbons (Fsp3) is 0.259. The predicted octanol–water partition coefficient (Wildman–Crippen LogP) is 5.34. The van der Waals surface area contributed by atoms with Gasteiger partial charge in [-0.25, -0.2) is 0 Å². The van der Waals surface area contributed by atoms with Crippen LogP contribution in [0.1, 0.15) is 25.8 Å². The van der Waals surface area contributed by atoms with Crippen LogP contribution in [0.3, 0.4) is 0 Å². The molecule has 3 aromatic carbocycles. The number of nitrogens with one attached hydrogen (secondary N) is 3. The van der Waals surface area contributed by atoms with E-state index in [0.29, 0.717) is 18.0 Å². The Morgan fingerprint density at radius 3 is 2.15 bits per heavy atom. The molecule has 0 fully saturated rings. The summed E-state index contributed by atoms with van der Waals surface area (Å²) in [6.07, 6.45) is 1.87. The zero-order valence-corrected chi connectivity index (χ0v) is 19.1. The standard InChI is InChI=1S/C27H31N3O3/c1-20(2)27(32)30-23-16-14-22(15-17-23)29-26(31)19-28-24-12-6-7-13-25(24)33-18-8-11-21-9-4-3-5-10-21/h3-7,9-10,12-17,20,28H,8,11,18-19H2,1-2H3,(H,29,31)(H,30,32). The highest BCUT2D eigenvalue weighted by Crippen LogP contribution is 2.24. The molecule has 0 atom stereocenters. The van der Waals surface area contributed by atoms with Crippen molar-refractivity contribution in [2.24, 2.45) is 5.92 Å². The Kier molecular flexibility index (Phi) is 8.88. The minimum atomic E-state index is -0.173. The summed E-state index contributed by atoms with van der Waals surface area (Å²) in [6, 6.07) is 25.0. The van der Waals surface area contributed by atoms with Crippen molar-refractivity contribution >= 4 is 28.9 Å². The summed E-state index contributed by atoms with van der Waals surface area (Å²) in [5, 5.41) is 8.83. The van der Waals surface area contributed by atoms with Crippen molar-refractivity contribution < 1.29 is 14.3 Å². The third-order valence-electron chi connectivity index (χ3n) is 5.00. The Morgan fingerprint density at radius 1 is 0.818 bits per heavy atom. The van der Waals surface area contributed by atoms with Gasteiger partial charge in [0.05, 0.1) is 18.8 Å². The number of hydrogen-bond acceptors (Lipinski definition) is 4. The van der Waals surface area contributed by atoms with Crippen molar-refractivity contribution in [3.8, 4) is 5.75 Å². The van der Waals surface area contributed by atoms with E-state index >= 15 is 0 Å². The molecule has 2 amide bonds. The molecule has 6 heteroatoms. The Hall–Kier alpha value is -3.80. The number of amides is 2. The molecule has 3 aromatic rings. The lowest BCUT2D eigenvalue weighted by Gasteiger charge is -2.13. The maximum atomic E-state index is 12.4. The summed E-state index contributed by atoms with van der Waals surface area (Å²) in [6.45, 7) is 4.38. The lowest BCUT2D eigenvalue weighted by atomic mass is 10.1. The predicted molar refractivity (Wildman–Crippen MR) is 134 cm³/mol. The lowest BCUT2D eigenvalue weighted by Crippen LogP contribution is -2.22. The first-order valence-electron chi connectivity index (χ1n) is 11.2. The number of rotatable bonds is 11. The van der Waals surface area contributed by atoms with Crippen molar-refractivity contribution in [1.82, 2.24) is 0 Å². The summed E-state index contributed by atoms with van der Waals surface area (Å²) in [4.78, 5) is 24.2. The van der Waals surface area contributed by atoms with Gasteiger partial charge >= 0.3 is 0 Å². The van der Waals surface area contributed by atoms with Gasteiger partial charge in [-0.1, -0.05) is 56.3 Å². The first kappa shape index (κ1) is 23.9. The monoisotopic (exact) mass is 445 g/mol. The van der Waals surface area contributed by atoms with Crippen LogP contribution in [-0.4, -0.2) is 25.0 Å². The normalized spacial score (nSPS) is 10.5. The van der Waals surface area contributed by atoms with Crippen LogP contribution in [0.25, 0.3) is 0 Å². The third-order valence-corrected chi connectivity index (χ3v) is 5.00. The summed E-state index contributed by atoms with van der Waals surface area (Å²) in [5.41, 5.74) is 3.43. The summed E-state index contributed by atoms with van der Waals surface area (Å²) < 4.78 is 5.94. The molecule has 3 rings (SSSR count). The maximum Gasteiger partial charge on any atom is 0.243 e. The van der Waals surface area contributed by atoms with Crippen LogP contribution in [0.5, 0.6) is 5.75 Å². The lowest BCUT2D eigenvalue weighted by molar-refractivity contribution is -0.119. The van der Waals surface area contributed by atoms with Crippen LogP contribution in [0.2, 0.25) is 0 Å². The molecule has 172 valence electrons. The van der Waals surface area contributed by atoms with E-state index in [1.54, 1.807) is 24.3 Å². The van der Waals surface area contributed by atoms with Crippen LogP contribution >= 0.6 is 0 Å². The second-order valence-corrected chi connectivity index (χ2v) is 8.06. The van der Waals surface area contributed by atoms with Crippen LogP contribution in [0, 0.1) is 5.92 Å². The van der Waals surface area contributed by atoms with Crippen molar-refractivity contribution in [2.45, 2.75) is 26.7 Å². The van der Waals surface area contributed by atoms with Crippen molar-refractivity contribution in [1.29, 1.82) is 0 Å². The van der Waals surface area contributed by atoms with Crippen molar-refractivity contribution in [3.05, 3.63) is 84.4 Å². The Labute approximate surface area is 195 Å². The zero-order valence-electron chi connectivity index (χ0n) is 19.1. The SMILES string of the molecule is CC(C)C(=O)Nc1ccc(NC(=O)CNc2ccccc2OCCCc2ccccc2)cc1. The van der Waals surface area contributed by atoms with E-state index in [2.05, 4.69) is 28.1 Å². The molecule has 0 bridgehead atoms. The average molecular weight is 446 g/mol. The highest BCUT2D eigenvalue weighted by molar-refractivity contribution is 5.95. The molecule has 0 aromatic heterocycles. The molecule has 0 radical (unpaired) electrons. The number of para-hydroxylation sites is 2. The topological polar surface area (TPSA) is 79.5 Å². The van der Waals surface area contributed by atoms with E-state index in [0.717, 1.165) is 24.3 Å². The fourth-order valence-electron chi connectivity index (χ4n) is 3.15. The number of ether oxygens (including phenoxy) is 1. The van der Waals surface area contributed by atoms with Crippen molar-refractivity contribution in [2.75, 3.05) is 29.1 Å². The number of anilines is 3. The van der Waals surface area contributed by atoms with Gasteiger partial charge in [-0.3, -0.25) is 9.59 Å². The number of carbonyl (C=O) groups is 2. The van der Waals surface area contributed by atoms with Crippen LogP contribution in [-0.2, 0) is 16.0 Å². The minimum absolute atomic E-state index is 0.0445. The maximum absolute atomic E-state index is 12.4.